The van der Waals surface area contributed by atoms with Gasteiger partial charge in [0.15, 0.2) is 5.70 Å². The number of benzene rings is 2. The summed E-state index contributed by atoms with van der Waals surface area (Å²) in [6.07, 6.45) is 0. The average Bonchev–Trinajstić information content (AvgIpc) is 2.53. The van der Waals surface area contributed by atoms with Crippen molar-refractivity contribution < 1.29 is 19.0 Å². The van der Waals surface area contributed by atoms with Crippen LogP contribution in [0.5, 0.6) is 5.75 Å². The van der Waals surface area contributed by atoms with E-state index < -0.39 is 11.7 Å². The van der Waals surface area contributed by atoms with Gasteiger partial charge in [0.05, 0.1) is 0 Å². The molecule has 2 aromatic carbocycles. The molecular weight excluding hydrogens is 289 g/mol. The van der Waals surface area contributed by atoms with Crippen LogP contribution in [0.1, 0.15) is 0 Å². The van der Waals surface area contributed by atoms with E-state index in [1.54, 1.807) is 42.5 Å². The molecule has 0 unspecified atom stereocenters. The predicted molar refractivity (Wildman–Crippen MR) is 78.6 cm³/mol. The molecule has 7 heteroatoms. The number of ether oxygens (including phenoxy) is 1. The van der Waals surface area contributed by atoms with E-state index in [0.717, 1.165) is 0 Å². The molecule has 0 bridgehead atoms. The third kappa shape index (κ3) is 3.33. The zero-order valence-electron chi connectivity index (χ0n) is 11.4. The van der Waals surface area contributed by atoms with Crippen LogP contribution in [-0.4, -0.2) is 11.1 Å². The van der Waals surface area contributed by atoms with E-state index in [1.165, 1.54) is 6.07 Å². The molecule has 6 nitrogen and oxygen atoms in total. The molecule has 114 valence electrons. The maximum absolute atomic E-state index is 13.7. The molecule has 0 aliphatic carbocycles. The Morgan fingerprint density at radius 3 is 2.32 bits per heavy atom. The maximum atomic E-state index is 13.7. The quantitative estimate of drug-likeness (QED) is 0.289. The van der Waals surface area contributed by atoms with Crippen LogP contribution in [0.3, 0.4) is 0 Å². The van der Waals surface area contributed by atoms with Crippen molar-refractivity contribution in [1.29, 1.82) is 0 Å². The first-order chi connectivity index (χ1) is 10.5. The number of aliphatic carboxylic acids is 1. The second kappa shape index (κ2) is 6.59. The molecule has 0 fully saturated rings. The highest BCUT2D eigenvalue weighted by molar-refractivity contribution is 5.85. The summed E-state index contributed by atoms with van der Waals surface area (Å²) in [5, 5.41) is 8.78. The van der Waals surface area contributed by atoms with Gasteiger partial charge in [-0.1, -0.05) is 30.3 Å². The fourth-order valence-electron chi connectivity index (χ4n) is 1.78. The van der Waals surface area contributed by atoms with Gasteiger partial charge in [-0.3, -0.25) is 5.43 Å². The number of carbonyl (C=O) groups is 1. The summed E-state index contributed by atoms with van der Waals surface area (Å²) in [5.74, 6) is 3.49. The number of hydrogen-bond donors (Lipinski definition) is 4. The van der Waals surface area contributed by atoms with E-state index in [0.29, 0.717) is 16.9 Å². The van der Waals surface area contributed by atoms with Crippen LogP contribution in [-0.2, 0) is 4.79 Å². The van der Waals surface area contributed by atoms with Crippen LogP contribution in [0.4, 0.5) is 4.39 Å². The van der Waals surface area contributed by atoms with Crippen LogP contribution in [0.25, 0.3) is 11.1 Å². The van der Waals surface area contributed by atoms with Crippen molar-refractivity contribution in [3.05, 3.63) is 65.9 Å². The Bertz CT molecular complexity index is 714. The summed E-state index contributed by atoms with van der Waals surface area (Å²) in [6, 6.07) is 12.7. The number of carboxylic acids is 1. The number of hydrazine groups is 1. The highest BCUT2D eigenvalue weighted by Gasteiger charge is 2.12. The first-order valence-corrected chi connectivity index (χ1v) is 6.25. The molecule has 0 atom stereocenters. The van der Waals surface area contributed by atoms with Gasteiger partial charge in [0.25, 0.3) is 0 Å². The Morgan fingerprint density at radius 1 is 1.14 bits per heavy atom. The zero-order chi connectivity index (χ0) is 16.1. The summed E-state index contributed by atoms with van der Waals surface area (Å²) < 4.78 is 18.9. The highest BCUT2D eigenvalue weighted by atomic mass is 19.1. The van der Waals surface area contributed by atoms with Crippen LogP contribution in [0.2, 0.25) is 0 Å². The lowest BCUT2D eigenvalue weighted by molar-refractivity contribution is -0.132. The van der Waals surface area contributed by atoms with Crippen molar-refractivity contribution in [2.45, 2.75) is 0 Å². The minimum atomic E-state index is -1.36. The number of halogens is 1. The molecule has 0 saturated carbocycles. The molecule has 6 N–H and O–H groups in total. The van der Waals surface area contributed by atoms with Crippen LogP contribution >= 0.6 is 0 Å². The van der Waals surface area contributed by atoms with Crippen LogP contribution in [0, 0.1) is 5.82 Å². The normalized spacial score (nSPS) is 11.5. The van der Waals surface area contributed by atoms with Gasteiger partial charge < -0.3 is 15.6 Å². The van der Waals surface area contributed by atoms with E-state index in [4.69, 9.17) is 21.4 Å². The molecule has 0 radical (unpaired) electrons. The molecule has 0 aliphatic heterocycles. The number of hydrogen-bond acceptors (Lipinski definition) is 5. The summed E-state index contributed by atoms with van der Waals surface area (Å²) in [6.45, 7) is 0. The van der Waals surface area contributed by atoms with E-state index in [1.807, 2.05) is 0 Å². The lowest BCUT2D eigenvalue weighted by Crippen LogP contribution is -2.31. The average molecular weight is 303 g/mol. The molecule has 0 aliphatic rings. The Morgan fingerprint density at radius 2 is 1.77 bits per heavy atom. The number of rotatable bonds is 5. The SMILES string of the molecule is NN/C(Oc1ccc(-c2ccccc2F)cc1)=C(\N)C(=O)O. The Labute approximate surface area is 125 Å². The summed E-state index contributed by atoms with van der Waals surface area (Å²) in [5.41, 5.74) is 7.95. The van der Waals surface area contributed by atoms with Crippen molar-refractivity contribution in [3.63, 3.8) is 0 Å². The lowest BCUT2D eigenvalue weighted by atomic mass is 10.1. The molecule has 22 heavy (non-hydrogen) atoms. The Hall–Kier alpha value is -3.06. The maximum Gasteiger partial charge on any atom is 0.357 e. The molecule has 0 amide bonds. The highest BCUT2D eigenvalue weighted by Crippen LogP contribution is 2.25. The third-order valence-corrected chi connectivity index (χ3v) is 2.87. The fourth-order valence-corrected chi connectivity index (χ4v) is 1.78. The minimum absolute atomic E-state index is 0.286. The van der Waals surface area contributed by atoms with Crippen molar-refractivity contribution >= 4 is 5.97 Å². The first-order valence-electron chi connectivity index (χ1n) is 6.25. The van der Waals surface area contributed by atoms with Crippen LogP contribution in [0.15, 0.2) is 60.1 Å². The monoisotopic (exact) mass is 303 g/mol. The molecule has 0 saturated heterocycles. The molecular formula is C15H14FN3O3. The third-order valence-electron chi connectivity index (χ3n) is 2.87. The largest absolute Gasteiger partial charge is 0.476 e. The van der Waals surface area contributed by atoms with Crippen molar-refractivity contribution in [3.8, 4) is 16.9 Å². The van der Waals surface area contributed by atoms with Gasteiger partial charge in [-0.15, -0.1) is 0 Å². The number of nitrogens with one attached hydrogen (secondary N) is 1. The molecule has 2 rings (SSSR count). The molecule has 0 heterocycles. The second-order valence-electron chi connectivity index (χ2n) is 4.30. The smallest absolute Gasteiger partial charge is 0.357 e. The van der Waals surface area contributed by atoms with E-state index in [2.05, 4.69) is 5.43 Å². The molecule has 0 aromatic heterocycles. The zero-order valence-corrected chi connectivity index (χ0v) is 11.4. The van der Waals surface area contributed by atoms with E-state index in [-0.39, 0.29) is 11.7 Å². The van der Waals surface area contributed by atoms with Gasteiger partial charge in [-0.2, -0.15) is 0 Å². The topological polar surface area (TPSA) is 111 Å². The minimum Gasteiger partial charge on any atom is -0.476 e. The van der Waals surface area contributed by atoms with Gasteiger partial charge in [0.1, 0.15) is 11.6 Å². The molecule has 2 aromatic rings. The number of carboxylic acid groups (broad SMARTS) is 1. The van der Waals surface area contributed by atoms with E-state index in [9.17, 15) is 9.18 Å². The fraction of sp³-hybridized carbons (Fsp3) is 0. The predicted octanol–water partition coefficient (Wildman–Crippen LogP) is 1.55. The lowest BCUT2D eigenvalue weighted by Gasteiger charge is -2.11. The first kappa shape index (κ1) is 15.3. The Kier molecular flexibility index (Phi) is 4.60. The summed E-state index contributed by atoms with van der Waals surface area (Å²) in [7, 11) is 0. The van der Waals surface area contributed by atoms with Crippen molar-refractivity contribution in [2.24, 2.45) is 11.6 Å². The van der Waals surface area contributed by atoms with Gasteiger partial charge in [-0.05, 0) is 23.8 Å². The Balaban J connectivity index is 2.25. The standard InChI is InChI=1S/C15H14FN3O3/c16-12-4-2-1-3-11(12)9-5-7-10(8-6-9)22-14(19-18)13(17)15(20)21/h1-8,19H,17-18H2,(H,20,21)/b14-13+. The summed E-state index contributed by atoms with van der Waals surface area (Å²) in [4.78, 5) is 10.8. The van der Waals surface area contributed by atoms with Gasteiger partial charge in [0, 0.05) is 5.56 Å². The van der Waals surface area contributed by atoms with Gasteiger partial charge >= 0.3 is 5.97 Å². The van der Waals surface area contributed by atoms with Crippen molar-refractivity contribution in [1.82, 2.24) is 5.43 Å². The number of nitrogens with two attached hydrogens (primary N) is 2. The second-order valence-corrected chi connectivity index (χ2v) is 4.30. The van der Waals surface area contributed by atoms with Gasteiger partial charge in [-0.25, -0.2) is 15.0 Å². The van der Waals surface area contributed by atoms with Crippen molar-refractivity contribution in [2.75, 3.05) is 0 Å². The molecule has 0 spiro atoms. The van der Waals surface area contributed by atoms with E-state index >= 15 is 0 Å². The van der Waals surface area contributed by atoms with Crippen LogP contribution < -0.4 is 21.7 Å². The summed E-state index contributed by atoms with van der Waals surface area (Å²) >= 11 is 0. The van der Waals surface area contributed by atoms with Gasteiger partial charge in [0.2, 0.25) is 5.88 Å².